The molecule has 0 N–H and O–H groups in total. The summed E-state index contributed by atoms with van der Waals surface area (Å²) in [5.41, 5.74) is 0. The molecule has 4 radical (unpaired) electrons. The molecule has 0 fully saturated rings. The van der Waals surface area contributed by atoms with Crippen molar-refractivity contribution < 1.29 is 2.85 Å². The quantitative estimate of drug-likeness (QED) is 0.408. The molecule has 0 saturated carbocycles. The summed E-state index contributed by atoms with van der Waals surface area (Å²) in [5.74, 6) is 0. The van der Waals surface area contributed by atoms with Crippen molar-refractivity contribution >= 4 is 19.8 Å². The second-order valence-corrected chi connectivity index (χ2v) is 3.50. The fraction of sp³-hybridized carbons (Fsp3) is 0.833. The molecule has 0 aliphatic carbocycles. The van der Waals surface area contributed by atoms with Gasteiger partial charge in [-0.15, -0.1) is 0 Å². The van der Waals surface area contributed by atoms with Gasteiger partial charge in [-0.25, -0.2) is 0 Å². The predicted octanol–water partition coefficient (Wildman–Crippen LogP) is 4.62. The third-order valence-corrected chi connectivity index (χ3v) is 2.22. The van der Waals surface area contributed by atoms with Gasteiger partial charge >= 0.3 is 0 Å². The molecule has 0 atom stereocenters. The average Bonchev–Trinajstić information content (AvgIpc) is 2.10. The minimum absolute atomic E-state index is 0. The summed E-state index contributed by atoms with van der Waals surface area (Å²) in [5, 5.41) is 0. The summed E-state index contributed by atoms with van der Waals surface area (Å²) < 4.78 is 0. The summed E-state index contributed by atoms with van der Waals surface area (Å²) in [7, 11) is 0. The molecule has 0 aliphatic rings. The summed E-state index contributed by atoms with van der Waals surface area (Å²) in [6.07, 6.45) is 14.0. The SMILES string of the molecule is [CH]=CCCCCCCCCCC.[Ga].[HH].[HH]. The molecule has 0 aliphatic heterocycles. The monoisotopic (exact) mass is 240 g/mol. The largest absolute Gasteiger partial charge is 0.0845 e. The zero-order chi connectivity index (χ0) is 9.07. The van der Waals surface area contributed by atoms with E-state index in [9.17, 15) is 0 Å². The minimum atomic E-state index is 0. The number of rotatable bonds is 9. The number of hydrogen-bond donors (Lipinski definition) is 0. The van der Waals surface area contributed by atoms with Crippen molar-refractivity contribution in [1.82, 2.24) is 0 Å². The van der Waals surface area contributed by atoms with E-state index in [1.54, 1.807) is 6.08 Å². The van der Waals surface area contributed by atoms with Crippen molar-refractivity contribution in [3.63, 3.8) is 0 Å². The Morgan fingerprint density at radius 3 is 1.85 bits per heavy atom. The van der Waals surface area contributed by atoms with Gasteiger partial charge in [-0.2, -0.15) is 0 Å². The van der Waals surface area contributed by atoms with Gasteiger partial charge in [-0.3, -0.25) is 0 Å². The maximum atomic E-state index is 5.28. The number of unbranched alkanes of at least 4 members (excludes halogenated alkanes) is 8. The van der Waals surface area contributed by atoms with Crippen LogP contribution in [0.4, 0.5) is 0 Å². The summed E-state index contributed by atoms with van der Waals surface area (Å²) in [4.78, 5) is 0. The Hall–Kier alpha value is 0.376. The molecule has 1 heteroatoms. The topological polar surface area (TPSA) is 0 Å². The molecule has 0 nitrogen and oxygen atoms in total. The Morgan fingerprint density at radius 1 is 0.923 bits per heavy atom. The van der Waals surface area contributed by atoms with E-state index < -0.39 is 0 Å². The van der Waals surface area contributed by atoms with E-state index in [4.69, 9.17) is 6.58 Å². The van der Waals surface area contributed by atoms with Gasteiger partial charge in [0.1, 0.15) is 0 Å². The van der Waals surface area contributed by atoms with Crippen LogP contribution in [0.2, 0.25) is 0 Å². The van der Waals surface area contributed by atoms with E-state index in [2.05, 4.69) is 6.92 Å². The molecule has 0 aromatic carbocycles. The summed E-state index contributed by atoms with van der Waals surface area (Å²) in [6, 6.07) is 0. The first-order chi connectivity index (χ1) is 5.91. The molecular weight excluding hydrogens is 214 g/mol. The Bertz CT molecular complexity index is 97.6. The van der Waals surface area contributed by atoms with Gasteiger partial charge < -0.3 is 0 Å². The number of allylic oxidation sites excluding steroid dienone is 1. The molecule has 0 aromatic rings. The maximum absolute atomic E-state index is 5.28. The molecule has 0 rings (SSSR count). The van der Waals surface area contributed by atoms with Gasteiger partial charge in [0.25, 0.3) is 0 Å². The van der Waals surface area contributed by atoms with Gasteiger partial charge in [-0.05, 0) is 12.8 Å². The van der Waals surface area contributed by atoms with Crippen molar-refractivity contribution in [2.45, 2.75) is 64.7 Å². The Morgan fingerprint density at radius 2 is 1.38 bits per heavy atom. The van der Waals surface area contributed by atoms with Gasteiger partial charge in [0.05, 0.1) is 0 Å². The predicted molar refractivity (Wildman–Crippen MR) is 66.1 cm³/mol. The van der Waals surface area contributed by atoms with Crippen LogP contribution in [0.15, 0.2) is 6.08 Å². The van der Waals surface area contributed by atoms with Crippen LogP contribution in [-0.4, -0.2) is 19.8 Å². The molecule has 0 aromatic heterocycles. The first-order valence-corrected chi connectivity index (χ1v) is 5.45. The fourth-order valence-electron chi connectivity index (χ4n) is 1.40. The second-order valence-electron chi connectivity index (χ2n) is 3.50. The van der Waals surface area contributed by atoms with E-state index in [1.165, 1.54) is 51.4 Å². The average molecular weight is 241 g/mol. The van der Waals surface area contributed by atoms with Gasteiger partial charge in [0.15, 0.2) is 0 Å². The Labute approximate surface area is 100 Å². The molecule has 0 amide bonds. The Balaban J connectivity index is -0.000000202. The zero-order valence-corrected chi connectivity index (χ0v) is 11.5. The summed E-state index contributed by atoms with van der Waals surface area (Å²) >= 11 is 0. The van der Waals surface area contributed by atoms with Crippen molar-refractivity contribution in [3.8, 4) is 0 Å². The summed E-state index contributed by atoms with van der Waals surface area (Å²) in [6.45, 7) is 7.54. The van der Waals surface area contributed by atoms with Crippen LogP contribution in [0.5, 0.6) is 0 Å². The van der Waals surface area contributed by atoms with E-state index in [1.807, 2.05) is 0 Å². The first kappa shape index (κ1) is 15.8. The molecule has 78 valence electrons. The molecule has 0 heterocycles. The van der Waals surface area contributed by atoms with E-state index in [-0.39, 0.29) is 22.6 Å². The third-order valence-electron chi connectivity index (χ3n) is 2.22. The van der Waals surface area contributed by atoms with Crippen LogP contribution in [0, 0.1) is 6.58 Å². The normalized spacial score (nSPS) is 9.31. The zero-order valence-electron chi connectivity index (χ0n) is 9.10. The van der Waals surface area contributed by atoms with Crippen LogP contribution in [0.3, 0.4) is 0 Å². The van der Waals surface area contributed by atoms with Crippen LogP contribution in [0.25, 0.3) is 0 Å². The number of hydrogen-bond acceptors (Lipinski definition) is 0. The van der Waals surface area contributed by atoms with E-state index >= 15 is 0 Å². The maximum Gasteiger partial charge on any atom is 0 e. The van der Waals surface area contributed by atoms with Crippen molar-refractivity contribution in [2.24, 2.45) is 0 Å². The molecular formula is C12H27Ga. The standard InChI is InChI=1S/C12H23.Ga.2H2/c1-3-5-7-9-11-12-10-8-6-4-2;;;/h1,3H,4-12H2,2H3;;2*1H. The van der Waals surface area contributed by atoms with Gasteiger partial charge in [0, 0.05) is 22.6 Å². The van der Waals surface area contributed by atoms with E-state index in [0.29, 0.717) is 0 Å². The van der Waals surface area contributed by atoms with Crippen LogP contribution in [0.1, 0.15) is 67.6 Å². The van der Waals surface area contributed by atoms with Gasteiger partial charge in [-0.1, -0.05) is 64.5 Å². The first-order valence-electron chi connectivity index (χ1n) is 5.45. The minimum Gasteiger partial charge on any atom is -0.0845 e. The van der Waals surface area contributed by atoms with Crippen molar-refractivity contribution in [2.75, 3.05) is 0 Å². The van der Waals surface area contributed by atoms with Crippen LogP contribution >= 0.6 is 0 Å². The van der Waals surface area contributed by atoms with Crippen molar-refractivity contribution in [3.05, 3.63) is 12.7 Å². The van der Waals surface area contributed by atoms with Crippen LogP contribution in [-0.2, 0) is 0 Å². The van der Waals surface area contributed by atoms with Crippen molar-refractivity contribution in [1.29, 1.82) is 0 Å². The van der Waals surface area contributed by atoms with Gasteiger partial charge in [0.2, 0.25) is 0 Å². The van der Waals surface area contributed by atoms with Crippen LogP contribution < -0.4 is 0 Å². The smallest absolute Gasteiger partial charge is 0 e. The molecule has 0 spiro atoms. The van der Waals surface area contributed by atoms with E-state index in [0.717, 1.165) is 6.42 Å². The molecule has 0 saturated heterocycles. The molecule has 13 heavy (non-hydrogen) atoms. The molecule has 0 unspecified atom stereocenters. The second kappa shape index (κ2) is 14.9. The fourth-order valence-corrected chi connectivity index (χ4v) is 1.40. The molecule has 0 bridgehead atoms. The third kappa shape index (κ3) is 15.2. The Kier molecular flexibility index (Phi) is 18.1.